The minimum Gasteiger partial charge on any atom is -0.481 e. The molecule has 0 aromatic carbocycles. The van der Waals surface area contributed by atoms with Gasteiger partial charge in [0.1, 0.15) is 17.8 Å². The maximum Gasteiger partial charge on any atom is 0.326 e. The van der Waals surface area contributed by atoms with Crippen LogP contribution in [0.25, 0.3) is 0 Å². The zero-order valence-electron chi connectivity index (χ0n) is 9.53. The molecule has 0 aliphatic heterocycles. The van der Waals surface area contributed by atoms with Crippen molar-refractivity contribution >= 4 is 17.8 Å². The van der Waals surface area contributed by atoms with Gasteiger partial charge in [-0.3, -0.25) is 9.59 Å². The van der Waals surface area contributed by atoms with Crippen LogP contribution in [-0.4, -0.2) is 39.1 Å². The Balaban J connectivity index is 2.78. The number of carboxylic acid groups (broad SMARTS) is 2. The fourth-order valence-electron chi connectivity index (χ4n) is 1.20. The normalized spacial score (nSPS) is 11.1. The van der Waals surface area contributed by atoms with E-state index >= 15 is 0 Å². The Morgan fingerprint density at radius 2 is 2.05 bits per heavy atom. The fourth-order valence-corrected chi connectivity index (χ4v) is 1.20. The summed E-state index contributed by atoms with van der Waals surface area (Å²) in [6.07, 6.45) is 0.416. The molecular weight excluding hydrogens is 254 g/mol. The molecule has 0 saturated heterocycles. The molecule has 0 aliphatic rings. The molecule has 3 N–H and O–H groups in total. The van der Waals surface area contributed by atoms with Crippen LogP contribution in [0, 0.1) is 11.3 Å². The Morgan fingerprint density at radius 1 is 1.37 bits per heavy atom. The molecule has 8 nitrogen and oxygen atoms in total. The van der Waals surface area contributed by atoms with Crippen LogP contribution in [0.4, 0.5) is 0 Å². The number of aliphatic carboxylic acids is 2. The van der Waals surface area contributed by atoms with Gasteiger partial charge in [0.15, 0.2) is 0 Å². The summed E-state index contributed by atoms with van der Waals surface area (Å²) in [6.45, 7) is 0. The molecule has 0 saturated carbocycles. The molecular formula is C11H9N3O5. The zero-order valence-corrected chi connectivity index (χ0v) is 9.53. The second-order valence-corrected chi connectivity index (χ2v) is 3.51. The Labute approximate surface area is 107 Å². The van der Waals surface area contributed by atoms with E-state index in [1.165, 1.54) is 12.1 Å². The van der Waals surface area contributed by atoms with Gasteiger partial charge in [-0.2, -0.15) is 5.26 Å². The van der Waals surface area contributed by atoms with E-state index in [1.54, 1.807) is 0 Å². The Kier molecular flexibility index (Phi) is 4.54. The summed E-state index contributed by atoms with van der Waals surface area (Å²) in [4.78, 5) is 36.5. The van der Waals surface area contributed by atoms with Crippen molar-refractivity contribution < 1.29 is 24.6 Å². The molecule has 8 heteroatoms. The summed E-state index contributed by atoms with van der Waals surface area (Å²) in [5.74, 6) is -3.62. The Hall–Kier alpha value is -2.95. The SMILES string of the molecule is N#Cc1ccc(C(=O)NC(CC(=O)O)C(=O)O)nc1. The predicted molar refractivity (Wildman–Crippen MR) is 60.1 cm³/mol. The van der Waals surface area contributed by atoms with Crippen molar-refractivity contribution in [2.24, 2.45) is 0 Å². The highest BCUT2D eigenvalue weighted by atomic mass is 16.4. The van der Waals surface area contributed by atoms with Crippen LogP contribution in [0.1, 0.15) is 22.5 Å². The maximum absolute atomic E-state index is 11.6. The molecule has 0 spiro atoms. The van der Waals surface area contributed by atoms with E-state index in [9.17, 15) is 14.4 Å². The van der Waals surface area contributed by atoms with Crippen LogP contribution < -0.4 is 5.32 Å². The van der Waals surface area contributed by atoms with Crippen molar-refractivity contribution in [3.63, 3.8) is 0 Å². The molecule has 0 fully saturated rings. The number of nitrogens with one attached hydrogen (secondary N) is 1. The zero-order chi connectivity index (χ0) is 14.4. The van der Waals surface area contributed by atoms with Gasteiger partial charge in [-0.15, -0.1) is 0 Å². The van der Waals surface area contributed by atoms with Gasteiger partial charge in [0.25, 0.3) is 5.91 Å². The van der Waals surface area contributed by atoms with Crippen molar-refractivity contribution in [2.75, 3.05) is 0 Å². The third-order valence-corrected chi connectivity index (χ3v) is 2.11. The van der Waals surface area contributed by atoms with Crippen LogP contribution in [0.5, 0.6) is 0 Å². The standard InChI is InChI=1S/C11H9N3O5/c12-4-6-1-2-7(13-5-6)10(17)14-8(11(18)19)3-9(15)16/h1-2,5,8H,3H2,(H,14,17)(H,15,16)(H,18,19). The van der Waals surface area contributed by atoms with E-state index in [4.69, 9.17) is 15.5 Å². The largest absolute Gasteiger partial charge is 0.481 e. The van der Waals surface area contributed by atoms with E-state index in [1.807, 2.05) is 11.4 Å². The molecule has 1 aromatic heterocycles. The topological polar surface area (TPSA) is 140 Å². The number of rotatable bonds is 5. The first-order valence-electron chi connectivity index (χ1n) is 5.05. The number of nitriles is 1. The lowest BCUT2D eigenvalue weighted by Gasteiger charge is -2.11. The number of carbonyl (C=O) groups excluding carboxylic acids is 1. The fraction of sp³-hybridized carbons (Fsp3) is 0.182. The van der Waals surface area contributed by atoms with Gasteiger partial charge in [0.05, 0.1) is 12.0 Å². The highest BCUT2D eigenvalue weighted by molar-refractivity contribution is 5.95. The monoisotopic (exact) mass is 263 g/mol. The lowest BCUT2D eigenvalue weighted by molar-refractivity contribution is -0.145. The van der Waals surface area contributed by atoms with Crippen molar-refractivity contribution in [1.29, 1.82) is 5.26 Å². The van der Waals surface area contributed by atoms with Gasteiger partial charge in [0, 0.05) is 6.20 Å². The summed E-state index contributed by atoms with van der Waals surface area (Å²) < 4.78 is 0. The summed E-state index contributed by atoms with van der Waals surface area (Å²) in [6, 6.07) is 2.86. The number of hydrogen-bond donors (Lipinski definition) is 3. The number of amides is 1. The van der Waals surface area contributed by atoms with E-state index in [2.05, 4.69) is 4.98 Å². The molecule has 1 rings (SSSR count). The first-order chi connectivity index (χ1) is 8.93. The molecule has 0 aliphatic carbocycles. The molecule has 19 heavy (non-hydrogen) atoms. The van der Waals surface area contributed by atoms with E-state index in [-0.39, 0.29) is 11.3 Å². The Bertz CT molecular complexity index is 546. The number of nitrogens with zero attached hydrogens (tertiary/aromatic N) is 2. The van der Waals surface area contributed by atoms with Crippen molar-refractivity contribution in [3.05, 3.63) is 29.6 Å². The molecule has 1 atom stereocenters. The predicted octanol–water partition coefficient (Wildman–Crippen LogP) is -0.389. The van der Waals surface area contributed by atoms with Gasteiger partial charge < -0.3 is 15.5 Å². The van der Waals surface area contributed by atoms with Crippen LogP contribution in [0.2, 0.25) is 0 Å². The first-order valence-corrected chi connectivity index (χ1v) is 5.05. The molecule has 1 unspecified atom stereocenters. The van der Waals surface area contributed by atoms with Gasteiger partial charge in [0.2, 0.25) is 0 Å². The summed E-state index contributed by atoms with van der Waals surface area (Å²) in [5.41, 5.74) is 0.146. The van der Waals surface area contributed by atoms with E-state index in [0.717, 1.165) is 6.20 Å². The number of hydrogen-bond acceptors (Lipinski definition) is 5. The molecule has 98 valence electrons. The van der Waals surface area contributed by atoms with Gasteiger partial charge in [-0.25, -0.2) is 9.78 Å². The third kappa shape index (κ3) is 4.08. The van der Waals surface area contributed by atoms with Crippen LogP contribution in [0.3, 0.4) is 0 Å². The molecule has 0 bridgehead atoms. The number of pyridine rings is 1. The van der Waals surface area contributed by atoms with Crippen LogP contribution in [-0.2, 0) is 9.59 Å². The lowest BCUT2D eigenvalue weighted by Crippen LogP contribution is -2.42. The third-order valence-electron chi connectivity index (χ3n) is 2.11. The minimum atomic E-state index is -1.54. The van der Waals surface area contributed by atoms with Crippen LogP contribution in [0.15, 0.2) is 18.3 Å². The lowest BCUT2D eigenvalue weighted by atomic mass is 10.2. The second-order valence-electron chi connectivity index (χ2n) is 3.51. The average molecular weight is 263 g/mol. The molecule has 1 aromatic rings. The summed E-state index contributed by atoms with van der Waals surface area (Å²) >= 11 is 0. The van der Waals surface area contributed by atoms with Gasteiger partial charge >= 0.3 is 11.9 Å². The highest BCUT2D eigenvalue weighted by Gasteiger charge is 2.23. The number of aromatic nitrogens is 1. The van der Waals surface area contributed by atoms with Crippen LogP contribution >= 0.6 is 0 Å². The number of carboxylic acids is 2. The first kappa shape index (κ1) is 14.1. The van der Waals surface area contributed by atoms with Crippen molar-refractivity contribution in [2.45, 2.75) is 12.5 Å². The average Bonchev–Trinajstić information content (AvgIpc) is 2.37. The van der Waals surface area contributed by atoms with Gasteiger partial charge in [-0.1, -0.05) is 0 Å². The second kappa shape index (κ2) is 6.11. The van der Waals surface area contributed by atoms with Crippen molar-refractivity contribution in [1.82, 2.24) is 10.3 Å². The maximum atomic E-state index is 11.6. The smallest absolute Gasteiger partial charge is 0.326 e. The summed E-state index contributed by atoms with van der Waals surface area (Å²) in [5, 5.41) is 27.9. The molecule has 1 heterocycles. The van der Waals surface area contributed by atoms with Gasteiger partial charge in [-0.05, 0) is 12.1 Å². The summed E-state index contributed by atoms with van der Waals surface area (Å²) in [7, 11) is 0. The highest BCUT2D eigenvalue weighted by Crippen LogP contribution is 2.01. The van der Waals surface area contributed by atoms with E-state index < -0.39 is 30.3 Å². The minimum absolute atomic E-state index is 0.101. The number of carbonyl (C=O) groups is 3. The van der Waals surface area contributed by atoms with Crippen molar-refractivity contribution in [3.8, 4) is 6.07 Å². The van der Waals surface area contributed by atoms with E-state index in [0.29, 0.717) is 0 Å². The molecule has 0 radical (unpaired) electrons. The Morgan fingerprint density at radius 3 is 2.47 bits per heavy atom. The quantitative estimate of drug-likeness (QED) is 0.656. The molecule has 1 amide bonds.